The first kappa shape index (κ1) is 10.1. The number of benzene rings is 1. The third-order valence-corrected chi connectivity index (χ3v) is 2.45. The van der Waals surface area contributed by atoms with Crippen LogP contribution in [0.3, 0.4) is 0 Å². The molecule has 0 aliphatic rings. The summed E-state index contributed by atoms with van der Waals surface area (Å²) in [6.07, 6.45) is 3.33. The highest BCUT2D eigenvalue weighted by Gasteiger charge is 2.13. The summed E-state index contributed by atoms with van der Waals surface area (Å²) in [6.45, 7) is 0. The van der Waals surface area contributed by atoms with Crippen LogP contribution in [-0.4, -0.2) is 9.97 Å². The van der Waals surface area contributed by atoms with Crippen molar-refractivity contribution in [1.29, 1.82) is 0 Å². The Kier molecular flexibility index (Phi) is 2.94. The average Bonchev–Trinajstić information content (AvgIpc) is 2.30. The molecule has 1 aromatic heterocycles. The van der Waals surface area contributed by atoms with E-state index in [0.29, 0.717) is 10.8 Å². The van der Waals surface area contributed by atoms with E-state index in [2.05, 4.69) is 9.97 Å². The van der Waals surface area contributed by atoms with Gasteiger partial charge in [-0.15, -0.1) is 0 Å². The molecule has 0 saturated carbocycles. The predicted octanol–water partition coefficient (Wildman–Crippen LogP) is 2.18. The summed E-state index contributed by atoms with van der Waals surface area (Å²) in [7, 11) is 0. The maximum absolute atomic E-state index is 6.03. The van der Waals surface area contributed by atoms with Crippen molar-refractivity contribution in [3.63, 3.8) is 0 Å². The highest BCUT2D eigenvalue weighted by molar-refractivity contribution is 6.31. The number of hydrogen-bond donors (Lipinski definition) is 1. The first-order valence-electron chi connectivity index (χ1n) is 4.56. The summed E-state index contributed by atoms with van der Waals surface area (Å²) in [6, 6.07) is 8.82. The lowest BCUT2D eigenvalue weighted by Gasteiger charge is -2.11. The maximum atomic E-state index is 6.03. The largest absolute Gasteiger partial charge is 0.318 e. The second-order valence-electron chi connectivity index (χ2n) is 3.11. The number of aromatic nitrogens is 2. The minimum absolute atomic E-state index is 0.375. The van der Waals surface area contributed by atoms with Crippen LogP contribution in [0.4, 0.5) is 0 Å². The van der Waals surface area contributed by atoms with Gasteiger partial charge >= 0.3 is 0 Å². The van der Waals surface area contributed by atoms with E-state index in [4.69, 9.17) is 17.3 Å². The topological polar surface area (TPSA) is 51.8 Å². The lowest BCUT2D eigenvalue weighted by Crippen LogP contribution is -2.15. The van der Waals surface area contributed by atoms with Crippen molar-refractivity contribution in [2.24, 2.45) is 5.73 Å². The number of nitrogens with zero attached hydrogens (tertiary/aromatic N) is 2. The predicted molar refractivity (Wildman–Crippen MR) is 59.5 cm³/mol. The Balaban J connectivity index is 2.37. The van der Waals surface area contributed by atoms with Gasteiger partial charge in [0.25, 0.3) is 0 Å². The van der Waals surface area contributed by atoms with Gasteiger partial charge in [-0.05, 0) is 17.7 Å². The summed E-state index contributed by atoms with van der Waals surface area (Å²) in [5, 5.41) is 0.637. The fourth-order valence-electron chi connectivity index (χ4n) is 1.34. The second kappa shape index (κ2) is 4.38. The van der Waals surface area contributed by atoms with Crippen LogP contribution in [0, 0.1) is 0 Å². The van der Waals surface area contributed by atoms with Crippen molar-refractivity contribution in [2.45, 2.75) is 6.04 Å². The summed E-state index contributed by atoms with van der Waals surface area (Å²) in [5.74, 6) is 0.575. The molecule has 0 aliphatic carbocycles. The molecule has 0 amide bonds. The van der Waals surface area contributed by atoms with Gasteiger partial charge in [0.15, 0.2) is 0 Å². The van der Waals surface area contributed by atoms with Crippen LogP contribution in [0.2, 0.25) is 5.02 Å². The van der Waals surface area contributed by atoms with Crippen molar-refractivity contribution in [3.8, 4) is 0 Å². The van der Waals surface area contributed by atoms with Gasteiger partial charge in [0.2, 0.25) is 0 Å². The molecule has 0 bridgehead atoms. The number of halogens is 1. The van der Waals surface area contributed by atoms with Gasteiger partial charge in [0, 0.05) is 17.4 Å². The van der Waals surface area contributed by atoms with Crippen LogP contribution in [0.15, 0.2) is 42.7 Å². The van der Waals surface area contributed by atoms with E-state index >= 15 is 0 Å². The zero-order valence-corrected chi connectivity index (χ0v) is 8.72. The molecule has 2 N–H and O–H groups in total. The van der Waals surface area contributed by atoms with E-state index in [1.807, 2.05) is 18.2 Å². The van der Waals surface area contributed by atoms with E-state index in [9.17, 15) is 0 Å². The highest BCUT2D eigenvalue weighted by atomic mass is 35.5. The number of hydrogen-bond acceptors (Lipinski definition) is 3. The molecule has 0 spiro atoms. The lowest BCUT2D eigenvalue weighted by molar-refractivity contribution is 0.781. The van der Waals surface area contributed by atoms with Gasteiger partial charge < -0.3 is 5.73 Å². The van der Waals surface area contributed by atoms with Crippen molar-refractivity contribution in [2.75, 3.05) is 0 Å². The molecule has 1 aromatic carbocycles. The Labute approximate surface area is 92.9 Å². The smallest absolute Gasteiger partial charge is 0.149 e. The molecule has 15 heavy (non-hydrogen) atoms. The van der Waals surface area contributed by atoms with Gasteiger partial charge in [-0.25, -0.2) is 9.97 Å². The molecule has 0 saturated heterocycles. The molecular formula is C11H10ClN3. The first-order chi connectivity index (χ1) is 7.29. The fraction of sp³-hybridized carbons (Fsp3) is 0.0909. The van der Waals surface area contributed by atoms with Gasteiger partial charge in [-0.1, -0.05) is 29.8 Å². The third kappa shape index (κ3) is 2.14. The van der Waals surface area contributed by atoms with Crippen molar-refractivity contribution in [3.05, 3.63) is 59.1 Å². The molecule has 76 valence electrons. The van der Waals surface area contributed by atoms with Crippen molar-refractivity contribution in [1.82, 2.24) is 9.97 Å². The fourth-order valence-corrected chi connectivity index (χ4v) is 1.59. The molecule has 3 nitrogen and oxygen atoms in total. The van der Waals surface area contributed by atoms with Crippen LogP contribution in [-0.2, 0) is 0 Å². The Morgan fingerprint density at radius 3 is 2.40 bits per heavy atom. The van der Waals surface area contributed by atoms with E-state index in [1.54, 1.807) is 24.5 Å². The average molecular weight is 220 g/mol. The van der Waals surface area contributed by atoms with Crippen LogP contribution in [0.5, 0.6) is 0 Å². The molecular weight excluding hydrogens is 210 g/mol. The second-order valence-corrected chi connectivity index (χ2v) is 3.51. The molecule has 1 atom stereocenters. The van der Waals surface area contributed by atoms with Crippen LogP contribution < -0.4 is 5.73 Å². The molecule has 2 aromatic rings. The molecule has 4 heteroatoms. The van der Waals surface area contributed by atoms with Crippen LogP contribution >= 0.6 is 11.6 Å². The van der Waals surface area contributed by atoms with Crippen LogP contribution in [0.25, 0.3) is 0 Å². The Morgan fingerprint density at radius 1 is 1.07 bits per heavy atom. The zero-order valence-electron chi connectivity index (χ0n) is 7.97. The highest BCUT2D eigenvalue weighted by Crippen LogP contribution is 2.23. The quantitative estimate of drug-likeness (QED) is 0.842. The molecule has 2 rings (SSSR count). The molecule has 0 aliphatic heterocycles. The summed E-state index contributed by atoms with van der Waals surface area (Å²) in [4.78, 5) is 8.20. The Morgan fingerprint density at radius 2 is 1.73 bits per heavy atom. The zero-order chi connectivity index (χ0) is 10.7. The van der Waals surface area contributed by atoms with E-state index in [0.717, 1.165) is 5.56 Å². The van der Waals surface area contributed by atoms with Gasteiger partial charge in [-0.2, -0.15) is 0 Å². The summed E-state index contributed by atoms with van der Waals surface area (Å²) < 4.78 is 0. The number of nitrogens with two attached hydrogens (primary N) is 1. The van der Waals surface area contributed by atoms with Crippen LogP contribution in [0.1, 0.15) is 17.4 Å². The first-order valence-corrected chi connectivity index (χ1v) is 4.94. The minimum Gasteiger partial charge on any atom is -0.318 e. The van der Waals surface area contributed by atoms with E-state index in [1.165, 1.54) is 0 Å². The maximum Gasteiger partial charge on any atom is 0.149 e. The molecule has 0 fully saturated rings. The van der Waals surface area contributed by atoms with E-state index in [-0.39, 0.29) is 6.04 Å². The molecule has 0 radical (unpaired) electrons. The Bertz CT molecular complexity index is 445. The van der Waals surface area contributed by atoms with Crippen molar-refractivity contribution >= 4 is 11.6 Å². The molecule has 0 unspecified atom stereocenters. The Hall–Kier alpha value is -1.45. The molecule has 1 heterocycles. The van der Waals surface area contributed by atoms with E-state index < -0.39 is 0 Å². The normalized spacial score (nSPS) is 12.4. The van der Waals surface area contributed by atoms with Gasteiger partial charge in [0.1, 0.15) is 5.82 Å². The summed E-state index contributed by atoms with van der Waals surface area (Å²) in [5.41, 5.74) is 6.85. The minimum atomic E-state index is -0.375. The van der Waals surface area contributed by atoms with Gasteiger partial charge in [-0.3, -0.25) is 0 Å². The summed E-state index contributed by atoms with van der Waals surface area (Å²) >= 11 is 6.03. The lowest BCUT2D eigenvalue weighted by atomic mass is 10.1. The van der Waals surface area contributed by atoms with Crippen molar-refractivity contribution < 1.29 is 0 Å². The number of rotatable bonds is 2. The monoisotopic (exact) mass is 219 g/mol. The standard InChI is InChI=1S/C11H10ClN3/c12-9-5-2-1-4-8(9)10(13)11-14-6-3-7-15-11/h1-7,10H,13H2/t10-/m1/s1. The third-order valence-electron chi connectivity index (χ3n) is 2.10. The van der Waals surface area contributed by atoms with Gasteiger partial charge in [0.05, 0.1) is 6.04 Å². The SMILES string of the molecule is N[C@@H](c1ncccn1)c1ccccc1Cl.